The van der Waals surface area contributed by atoms with Gasteiger partial charge in [-0.15, -0.1) is 0 Å². The van der Waals surface area contributed by atoms with Gasteiger partial charge in [-0.2, -0.15) is 0 Å². The average Bonchev–Trinajstić information content (AvgIpc) is 2.41. The van der Waals surface area contributed by atoms with Crippen molar-refractivity contribution in [1.29, 1.82) is 0 Å². The van der Waals surface area contributed by atoms with Crippen LogP contribution in [0.5, 0.6) is 0 Å². The lowest BCUT2D eigenvalue weighted by Crippen LogP contribution is -2.45. The summed E-state index contributed by atoms with van der Waals surface area (Å²) in [5.41, 5.74) is 0.816. The maximum Gasteiger partial charge on any atom is 0.173 e. The molecule has 1 aromatic carbocycles. The van der Waals surface area contributed by atoms with Crippen molar-refractivity contribution in [2.24, 2.45) is 0 Å². The quantitative estimate of drug-likeness (QED) is 0.777. The maximum absolute atomic E-state index is 6.16. The van der Waals surface area contributed by atoms with Crippen molar-refractivity contribution in [3.8, 4) is 0 Å². The first-order chi connectivity index (χ1) is 9.11. The summed E-state index contributed by atoms with van der Waals surface area (Å²) in [6.45, 7) is 3.23. The standard InChI is InChI=1S/C14H18Cl2N2S/c1-2-11-5-3-4-8-18(11)14(19)17-13-7-6-10(15)9-12(13)16/h6-7,9,11H,2-5,8H2,1H3,(H,17,19)/t11-/m1/s1. The highest BCUT2D eigenvalue weighted by atomic mass is 35.5. The number of halogens is 2. The third-order valence-corrected chi connectivity index (χ3v) is 4.42. The second kappa shape index (κ2) is 6.78. The van der Waals surface area contributed by atoms with E-state index in [1.165, 1.54) is 19.3 Å². The first-order valence-electron chi connectivity index (χ1n) is 6.64. The van der Waals surface area contributed by atoms with Crippen LogP contribution < -0.4 is 5.32 Å². The fraction of sp³-hybridized carbons (Fsp3) is 0.500. The summed E-state index contributed by atoms with van der Waals surface area (Å²) in [7, 11) is 0. The summed E-state index contributed by atoms with van der Waals surface area (Å²) in [5, 5.41) is 5.23. The molecule has 0 spiro atoms. The molecular formula is C14H18Cl2N2S. The first kappa shape index (κ1) is 14.9. The summed E-state index contributed by atoms with van der Waals surface area (Å²) in [6, 6.07) is 5.94. The van der Waals surface area contributed by atoms with Gasteiger partial charge in [-0.1, -0.05) is 30.1 Å². The largest absolute Gasteiger partial charge is 0.346 e. The molecule has 1 aliphatic rings. The van der Waals surface area contributed by atoms with E-state index in [9.17, 15) is 0 Å². The number of anilines is 1. The molecule has 1 aliphatic heterocycles. The molecule has 1 atom stereocenters. The van der Waals surface area contributed by atoms with Crippen LogP contribution in [0.15, 0.2) is 18.2 Å². The van der Waals surface area contributed by atoms with Crippen molar-refractivity contribution in [3.05, 3.63) is 28.2 Å². The van der Waals surface area contributed by atoms with E-state index in [0.717, 1.165) is 23.8 Å². The molecule has 1 fully saturated rings. The van der Waals surface area contributed by atoms with Gasteiger partial charge in [-0.25, -0.2) is 0 Å². The highest BCUT2D eigenvalue weighted by molar-refractivity contribution is 7.80. The van der Waals surface area contributed by atoms with Crippen LogP contribution in [0.3, 0.4) is 0 Å². The number of nitrogens with one attached hydrogen (secondary N) is 1. The summed E-state index contributed by atoms with van der Waals surface area (Å²) in [6.07, 6.45) is 4.83. The number of likely N-dealkylation sites (tertiary alicyclic amines) is 1. The number of benzene rings is 1. The van der Waals surface area contributed by atoms with Gasteiger partial charge < -0.3 is 10.2 Å². The lowest BCUT2D eigenvalue weighted by atomic mass is 10.0. The minimum absolute atomic E-state index is 0.542. The molecule has 104 valence electrons. The van der Waals surface area contributed by atoms with Gasteiger partial charge in [-0.3, -0.25) is 0 Å². The molecule has 0 bridgehead atoms. The lowest BCUT2D eigenvalue weighted by Gasteiger charge is -2.37. The predicted octanol–water partition coefficient (Wildman–Crippen LogP) is 4.95. The normalized spacial score (nSPS) is 19.3. The molecule has 0 amide bonds. The Morgan fingerprint density at radius 2 is 2.21 bits per heavy atom. The highest BCUT2D eigenvalue weighted by Gasteiger charge is 2.23. The number of hydrogen-bond donors (Lipinski definition) is 1. The highest BCUT2D eigenvalue weighted by Crippen LogP contribution is 2.27. The zero-order valence-electron chi connectivity index (χ0n) is 11.0. The monoisotopic (exact) mass is 316 g/mol. The van der Waals surface area contributed by atoms with E-state index in [-0.39, 0.29) is 0 Å². The predicted molar refractivity (Wildman–Crippen MR) is 87.3 cm³/mol. The molecule has 19 heavy (non-hydrogen) atoms. The molecule has 0 aliphatic carbocycles. The van der Waals surface area contributed by atoms with Crippen molar-refractivity contribution in [3.63, 3.8) is 0 Å². The summed E-state index contributed by atoms with van der Waals surface area (Å²) in [5.74, 6) is 0. The first-order valence-corrected chi connectivity index (χ1v) is 7.81. The van der Waals surface area contributed by atoms with Crippen molar-refractivity contribution in [2.75, 3.05) is 11.9 Å². The molecule has 1 N–H and O–H groups in total. The van der Waals surface area contributed by atoms with Crippen LogP contribution in [0.25, 0.3) is 0 Å². The van der Waals surface area contributed by atoms with Gasteiger partial charge in [0.1, 0.15) is 0 Å². The van der Waals surface area contributed by atoms with Gasteiger partial charge in [-0.05, 0) is 56.1 Å². The summed E-state index contributed by atoms with van der Waals surface area (Å²) in [4.78, 5) is 2.28. The molecule has 5 heteroatoms. The fourth-order valence-electron chi connectivity index (χ4n) is 2.47. The summed E-state index contributed by atoms with van der Waals surface area (Å²) < 4.78 is 0. The molecule has 1 saturated heterocycles. The Morgan fingerprint density at radius 3 is 2.89 bits per heavy atom. The Kier molecular flexibility index (Phi) is 5.31. The summed E-state index contributed by atoms with van der Waals surface area (Å²) >= 11 is 17.6. The maximum atomic E-state index is 6.16. The van der Waals surface area contributed by atoms with Crippen LogP contribution in [-0.2, 0) is 0 Å². The molecule has 0 aromatic heterocycles. The zero-order valence-corrected chi connectivity index (χ0v) is 13.3. The minimum Gasteiger partial charge on any atom is -0.346 e. The van der Waals surface area contributed by atoms with Gasteiger partial charge in [0.2, 0.25) is 0 Å². The molecule has 2 nitrogen and oxygen atoms in total. The van der Waals surface area contributed by atoms with Gasteiger partial charge in [0.15, 0.2) is 5.11 Å². The van der Waals surface area contributed by atoms with E-state index in [1.807, 2.05) is 12.1 Å². The smallest absolute Gasteiger partial charge is 0.173 e. The fourth-order valence-corrected chi connectivity index (χ4v) is 3.28. The van der Waals surface area contributed by atoms with Crippen LogP contribution in [0.4, 0.5) is 5.69 Å². The third kappa shape index (κ3) is 3.74. The van der Waals surface area contributed by atoms with Crippen molar-refractivity contribution < 1.29 is 0 Å². The third-order valence-electron chi connectivity index (χ3n) is 3.53. The molecule has 2 rings (SSSR count). The SMILES string of the molecule is CC[C@@H]1CCCCN1C(=S)Nc1ccc(Cl)cc1Cl. The number of rotatable bonds is 2. The van der Waals surface area contributed by atoms with E-state index in [4.69, 9.17) is 35.4 Å². The van der Waals surface area contributed by atoms with Gasteiger partial charge >= 0.3 is 0 Å². The molecule has 0 radical (unpaired) electrons. The topological polar surface area (TPSA) is 15.3 Å². The van der Waals surface area contributed by atoms with E-state index < -0.39 is 0 Å². The average molecular weight is 317 g/mol. The second-order valence-electron chi connectivity index (χ2n) is 4.81. The zero-order chi connectivity index (χ0) is 13.8. The van der Waals surface area contributed by atoms with Crippen LogP contribution in [-0.4, -0.2) is 22.6 Å². The molecule has 0 saturated carbocycles. The van der Waals surface area contributed by atoms with E-state index in [1.54, 1.807) is 6.07 Å². The second-order valence-corrected chi connectivity index (χ2v) is 6.04. The van der Waals surface area contributed by atoms with E-state index >= 15 is 0 Å². The lowest BCUT2D eigenvalue weighted by molar-refractivity contribution is 0.239. The number of hydrogen-bond acceptors (Lipinski definition) is 1. The van der Waals surface area contributed by atoms with Gasteiger partial charge in [0.25, 0.3) is 0 Å². The number of nitrogens with zero attached hydrogens (tertiary/aromatic N) is 1. The molecule has 1 heterocycles. The number of piperidine rings is 1. The van der Waals surface area contributed by atoms with Crippen LogP contribution >= 0.6 is 35.4 Å². The van der Waals surface area contributed by atoms with Crippen molar-refractivity contribution >= 4 is 46.2 Å². The number of thiocarbonyl (C=S) groups is 1. The van der Waals surface area contributed by atoms with Gasteiger partial charge in [0.05, 0.1) is 10.7 Å². The van der Waals surface area contributed by atoms with Crippen molar-refractivity contribution in [2.45, 2.75) is 38.6 Å². The Labute approximate surface area is 130 Å². The van der Waals surface area contributed by atoms with Crippen molar-refractivity contribution in [1.82, 2.24) is 4.90 Å². The Bertz CT molecular complexity index is 465. The van der Waals surface area contributed by atoms with E-state index in [0.29, 0.717) is 16.1 Å². The Morgan fingerprint density at radius 1 is 1.42 bits per heavy atom. The molecular weight excluding hydrogens is 299 g/mol. The molecule has 0 unspecified atom stereocenters. The molecule has 1 aromatic rings. The Hall–Kier alpha value is -0.510. The van der Waals surface area contributed by atoms with E-state index in [2.05, 4.69) is 17.1 Å². The van der Waals surface area contributed by atoms with Gasteiger partial charge in [0, 0.05) is 17.6 Å². The Balaban J connectivity index is 2.07. The van der Waals surface area contributed by atoms with Crippen LogP contribution in [0, 0.1) is 0 Å². The van der Waals surface area contributed by atoms with Crippen LogP contribution in [0.2, 0.25) is 10.0 Å². The van der Waals surface area contributed by atoms with Crippen LogP contribution in [0.1, 0.15) is 32.6 Å². The minimum atomic E-state index is 0.542.